The normalized spacial score (nSPS) is 14.8. The third-order valence-corrected chi connectivity index (χ3v) is 3.48. The maximum absolute atomic E-state index is 11.1. The topological polar surface area (TPSA) is 66.4 Å². The Morgan fingerprint density at radius 3 is 2.67 bits per heavy atom. The molecule has 1 atom stereocenters. The zero-order valence-corrected chi connectivity index (χ0v) is 13.4. The van der Waals surface area contributed by atoms with Gasteiger partial charge < -0.3 is 18.9 Å². The molecule has 6 nitrogen and oxygen atoms in total. The highest BCUT2D eigenvalue weighted by atomic mass is 16.7. The first-order valence-corrected chi connectivity index (χ1v) is 7.38. The molecule has 0 fully saturated rings. The molecule has 24 heavy (non-hydrogen) atoms. The Labute approximate surface area is 139 Å². The first kappa shape index (κ1) is 15.9. The first-order valence-electron chi connectivity index (χ1n) is 7.38. The van der Waals surface area contributed by atoms with Gasteiger partial charge in [0, 0.05) is 6.21 Å². The van der Waals surface area contributed by atoms with Gasteiger partial charge in [-0.15, -0.1) is 0 Å². The fourth-order valence-corrected chi connectivity index (χ4v) is 2.20. The van der Waals surface area contributed by atoms with Crippen LogP contribution in [0.2, 0.25) is 0 Å². The van der Waals surface area contributed by atoms with Gasteiger partial charge >= 0.3 is 6.16 Å². The molecule has 0 spiro atoms. The summed E-state index contributed by atoms with van der Waals surface area (Å²) in [7, 11) is 2.84. The lowest BCUT2D eigenvalue weighted by Gasteiger charge is -2.13. The number of hydrogen-bond donors (Lipinski definition) is 0. The summed E-state index contributed by atoms with van der Waals surface area (Å²) in [6, 6.07) is 13.2. The highest BCUT2D eigenvalue weighted by Crippen LogP contribution is 2.34. The van der Waals surface area contributed by atoms with Crippen LogP contribution in [0.25, 0.3) is 0 Å². The monoisotopic (exact) mass is 327 g/mol. The molecule has 3 rings (SSSR count). The van der Waals surface area contributed by atoms with E-state index in [0.29, 0.717) is 17.2 Å². The van der Waals surface area contributed by atoms with Crippen molar-refractivity contribution in [1.82, 2.24) is 0 Å². The lowest BCUT2D eigenvalue weighted by molar-refractivity contribution is 0.0668. The van der Waals surface area contributed by atoms with E-state index in [0.717, 1.165) is 11.1 Å². The van der Waals surface area contributed by atoms with Crippen LogP contribution < -0.4 is 9.47 Å². The fourth-order valence-electron chi connectivity index (χ4n) is 2.20. The van der Waals surface area contributed by atoms with E-state index in [2.05, 4.69) is 9.73 Å². The SMILES string of the molecule is COC(=O)OCc1ccc(OC)c(Oc2cccc(C3C=N3)c2)c1. The number of benzene rings is 2. The third-order valence-electron chi connectivity index (χ3n) is 3.48. The molecule has 0 N–H and O–H groups in total. The van der Waals surface area contributed by atoms with Gasteiger partial charge in [-0.3, -0.25) is 4.99 Å². The predicted octanol–water partition coefficient (Wildman–Crippen LogP) is 3.90. The molecule has 1 aliphatic rings. The minimum absolute atomic E-state index is 0.0863. The molecule has 0 bridgehead atoms. The smallest absolute Gasteiger partial charge is 0.493 e. The van der Waals surface area contributed by atoms with Crippen LogP contribution >= 0.6 is 0 Å². The molecular weight excluding hydrogens is 310 g/mol. The molecule has 1 aliphatic heterocycles. The van der Waals surface area contributed by atoms with Gasteiger partial charge in [0.05, 0.1) is 14.2 Å². The van der Waals surface area contributed by atoms with Crippen molar-refractivity contribution < 1.29 is 23.7 Å². The standard InChI is InChI=1S/C18H17NO5/c1-21-16-7-6-12(11-23-18(20)22-2)8-17(16)24-14-5-3-4-13(9-14)15-10-19-15/h3-10,15H,11H2,1-2H3. The van der Waals surface area contributed by atoms with Gasteiger partial charge in [0.15, 0.2) is 11.5 Å². The summed E-state index contributed by atoms with van der Waals surface area (Å²) < 4.78 is 20.7. The van der Waals surface area contributed by atoms with Crippen LogP contribution in [0.15, 0.2) is 47.5 Å². The Morgan fingerprint density at radius 2 is 1.96 bits per heavy atom. The van der Waals surface area contributed by atoms with E-state index in [-0.39, 0.29) is 12.6 Å². The summed E-state index contributed by atoms with van der Waals surface area (Å²) in [5, 5.41) is 0. The lowest BCUT2D eigenvalue weighted by Crippen LogP contribution is -2.04. The molecule has 124 valence electrons. The van der Waals surface area contributed by atoms with Crippen molar-refractivity contribution in [3.63, 3.8) is 0 Å². The number of carbonyl (C=O) groups is 1. The third kappa shape index (κ3) is 3.84. The van der Waals surface area contributed by atoms with Gasteiger partial charge in [0.2, 0.25) is 0 Å². The largest absolute Gasteiger partial charge is 0.508 e. The zero-order valence-electron chi connectivity index (χ0n) is 13.4. The number of nitrogens with zero attached hydrogens (tertiary/aromatic N) is 1. The molecular formula is C18H17NO5. The number of ether oxygens (including phenoxy) is 4. The zero-order chi connectivity index (χ0) is 16.9. The molecule has 6 heteroatoms. The van der Waals surface area contributed by atoms with E-state index in [1.165, 1.54) is 7.11 Å². The van der Waals surface area contributed by atoms with Crippen LogP contribution in [0.3, 0.4) is 0 Å². The van der Waals surface area contributed by atoms with E-state index in [1.54, 1.807) is 25.3 Å². The lowest BCUT2D eigenvalue weighted by atomic mass is 10.1. The maximum Gasteiger partial charge on any atom is 0.508 e. The summed E-state index contributed by atoms with van der Waals surface area (Å²) >= 11 is 0. The van der Waals surface area contributed by atoms with Crippen LogP contribution in [-0.2, 0) is 16.1 Å². The maximum atomic E-state index is 11.1. The van der Waals surface area contributed by atoms with E-state index >= 15 is 0 Å². The molecule has 0 amide bonds. The summed E-state index contributed by atoms with van der Waals surface area (Å²) in [6.07, 6.45) is 1.15. The summed E-state index contributed by atoms with van der Waals surface area (Å²) in [4.78, 5) is 15.2. The minimum atomic E-state index is -0.731. The average Bonchev–Trinajstić information content (AvgIpc) is 3.45. The molecule has 1 unspecified atom stereocenters. The number of carbonyl (C=O) groups excluding carboxylic acids is 1. The summed E-state index contributed by atoms with van der Waals surface area (Å²) in [6.45, 7) is 0.0863. The molecule has 0 aliphatic carbocycles. The van der Waals surface area contributed by atoms with Crippen molar-refractivity contribution in [2.45, 2.75) is 12.6 Å². The van der Waals surface area contributed by atoms with E-state index in [1.807, 2.05) is 30.5 Å². The van der Waals surface area contributed by atoms with Crippen LogP contribution in [0.4, 0.5) is 4.79 Å². The van der Waals surface area contributed by atoms with Gasteiger partial charge in [0.25, 0.3) is 0 Å². The van der Waals surface area contributed by atoms with Crippen molar-refractivity contribution in [2.24, 2.45) is 4.99 Å². The second-order valence-corrected chi connectivity index (χ2v) is 5.15. The Morgan fingerprint density at radius 1 is 1.12 bits per heavy atom. The quantitative estimate of drug-likeness (QED) is 0.753. The van der Waals surface area contributed by atoms with Crippen molar-refractivity contribution in [2.75, 3.05) is 14.2 Å². The molecule has 0 saturated carbocycles. The van der Waals surface area contributed by atoms with E-state index in [4.69, 9.17) is 14.2 Å². The average molecular weight is 327 g/mol. The van der Waals surface area contributed by atoms with E-state index < -0.39 is 6.16 Å². The van der Waals surface area contributed by atoms with Crippen LogP contribution in [0.1, 0.15) is 17.2 Å². The van der Waals surface area contributed by atoms with Crippen molar-refractivity contribution in [1.29, 1.82) is 0 Å². The fraction of sp³-hybridized carbons (Fsp3) is 0.222. The van der Waals surface area contributed by atoms with Gasteiger partial charge in [-0.25, -0.2) is 4.79 Å². The Bertz CT molecular complexity index is 766. The van der Waals surface area contributed by atoms with Gasteiger partial charge in [0.1, 0.15) is 18.4 Å². The molecule has 0 aromatic heterocycles. The second kappa shape index (κ2) is 7.04. The number of hydrogen-bond acceptors (Lipinski definition) is 6. The Kier molecular flexibility index (Phi) is 4.65. The van der Waals surface area contributed by atoms with Gasteiger partial charge in [-0.05, 0) is 35.4 Å². The van der Waals surface area contributed by atoms with Crippen molar-refractivity contribution in [3.8, 4) is 17.2 Å². The van der Waals surface area contributed by atoms with Gasteiger partial charge in [-0.2, -0.15) is 0 Å². The Balaban J connectivity index is 1.77. The van der Waals surface area contributed by atoms with E-state index in [9.17, 15) is 4.79 Å². The summed E-state index contributed by atoms with van der Waals surface area (Å²) in [5.41, 5.74) is 1.84. The van der Waals surface area contributed by atoms with Crippen molar-refractivity contribution >= 4 is 12.4 Å². The van der Waals surface area contributed by atoms with Gasteiger partial charge in [-0.1, -0.05) is 18.2 Å². The highest BCUT2D eigenvalue weighted by Gasteiger charge is 2.16. The number of aliphatic imine (C=N–C) groups is 1. The van der Waals surface area contributed by atoms with Crippen molar-refractivity contribution in [3.05, 3.63) is 53.6 Å². The van der Waals surface area contributed by atoms with Crippen LogP contribution in [-0.4, -0.2) is 26.6 Å². The second-order valence-electron chi connectivity index (χ2n) is 5.15. The van der Waals surface area contributed by atoms with Crippen LogP contribution in [0.5, 0.6) is 17.2 Å². The predicted molar refractivity (Wildman–Crippen MR) is 87.9 cm³/mol. The summed E-state index contributed by atoms with van der Waals surface area (Å²) in [5.74, 6) is 1.81. The number of methoxy groups -OCH3 is 2. The Hall–Kier alpha value is -3.02. The highest BCUT2D eigenvalue weighted by molar-refractivity contribution is 5.80. The molecule has 2 aromatic rings. The molecule has 0 radical (unpaired) electrons. The molecule has 0 saturated heterocycles. The molecule has 2 aromatic carbocycles. The minimum Gasteiger partial charge on any atom is -0.493 e. The number of rotatable bonds is 6. The first-order chi connectivity index (χ1) is 11.7. The molecule has 1 heterocycles. The van der Waals surface area contributed by atoms with Crippen LogP contribution in [0, 0.1) is 0 Å².